The highest BCUT2D eigenvalue weighted by Crippen LogP contribution is 2.32. The van der Waals surface area contributed by atoms with Crippen LogP contribution in [0.2, 0.25) is 0 Å². The van der Waals surface area contributed by atoms with Crippen molar-refractivity contribution in [3.8, 4) is 11.5 Å². The van der Waals surface area contributed by atoms with E-state index in [4.69, 9.17) is 20.6 Å². The van der Waals surface area contributed by atoms with E-state index in [1.165, 1.54) is 12.2 Å². The zero-order valence-corrected chi connectivity index (χ0v) is 23.6. The van der Waals surface area contributed by atoms with Crippen molar-refractivity contribution in [2.75, 3.05) is 18.5 Å². The molecule has 0 radical (unpaired) electrons. The molecule has 13 heteroatoms. The largest absolute Gasteiger partial charge is 0.490 e. The van der Waals surface area contributed by atoms with Crippen LogP contribution in [0.4, 0.5) is 18.9 Å². The van der Waals surface area contributed by atoms with Gasteiger partial charge in [-0.2, -0.15) is 18.2 Å². The number of alkyl halides is 3. The third kappa shape index (κ3) is 8.83. The number of nitrogens with two attached hydrogens (primary N) is 1. The first-order valence-electron chi connectivity index (χ1n) is 12.8. The molecule has 1 heterocycles. The topological polar surface area (TPSA) is 147 Å². The lowest BCUT2D eigenvalue weighted by Crippen LogP contribution is -2.49. The Labute approximate surface area is 246 Å². The summed E-state index contributed by atoms with van der Waals surface area (Å²) in [4.78, 5) is 39.0. The van der Waals surface area contributed by atoms with E-state index in [1.54, 1.807) is 42.5 Å². The minimum atomic E-state index is -4.19. The van der Waals surface area contributed by atoms with Gasteiger partial charge in [0.25, 0.3) is 17.7 Å². The smallest absolute Gasteiger partial charge is 0.409 e. The van der Waals surface area contributed by atoms with Gasteiger partial charge in [-0.3, -0.25) is 25.2 Å². The number of benzene rings is 2. The Kier molecular flexibility index (Phi) is 11.9. The standard InChI is InChI=1S/C27H29N5O5.C3H3F3/c1-5-19-20(6-2)27(35)32(26(19)34)31-25(33)23(30-18-12-9-16(10-13-18)24(28)29)17-11-14-21(36-7-3)22(15-17)37-8-4;1-2-3(4,5)6/h5-6,9-15,23,30H,1-2,7-8H2,3-4H3,(H3,28,29)(H,31,33);2H,1H2. The molecule has 0 spiro atoms. The van der Waals surface area contributed by atoms with Gasteiger partial charge in [0.2, 0.25) is 0 Å². The first-order valence-corrected chi connectivity index (χ1v) is 12.8. The number of halogens is 3. The van der Waals surface area contributed by atoms with E-state index < -0.39 is 29.9 Å². The molecule has 0 fully saturated rings. The van der Waals surface area contributed by atoms with Gasteiger partial charge in [0.15, 0.2) is 11.5 Å². The average Bonchev–Trinajstić information content (AvgIpc) is 3.20. The van der Waals surface area contributed by atoms with Gasteiger partial charge in [0.05, 0.1) is 24.4 Å². The molecule has 3 rings (SSSR count). The number of hydrazine groups is 1. The second kappa shape index (κ2) is 15.1. The number of hydrogen-bond acceptors (Lipinski definition) is 7. The maximum atomic E-state index is 13.5. The van der Waals surface area contributed by atoms with E-state index in [2.05, 4.69) is 30.5 Å². The highest BCUT2D eigenvalue weighted by Gasteiger charge is 2.38. The molecule has 1 atom stereocenters. The van der Waals surface area contributed by atoms with Crippen LogP contribution in [0.15, 0.2) is 91.6 Å². The van der Waals surface area contributed by atoms with E-state index in [0.29, 0.717) is 46.5 Å². The third-order valence-corrected chi connectivity index (χ3v) is 5.69. The van der Waals surface area contributed by atoms with Gasteiger partial charge in [0, 0.05) is 17.3 Å². The summed E-state index contributed by atoms with van der Waals surface area (Å²) >= 11 is 0. The quantitative estimate of drug-likeness (QED) is 0.119. The van der Waals surface area contributed by atoms with E-state index in [0.717, 1.165) is 0 Å². The minimum absolute atomic E-state index is 0.0457. The summed E-state index contributed by atoms with van der Waals surface area (Å²) in [5, 5.41) is 11.3. The first kappa shape index (κ1) is 33.9. The Morgan fingerprint density at radius 1 is 0.977 bits per heavy atom. The van der Waals surface area contributed by atoms with Crippen LogP contribution in [0.1, 0.15) is 31.0 Å². The van der Waals surface area contributed by atoms with E-state index >= 15 is 0 Å². The number of nitrogens with one attached hydrogen (secondary N) is 3. The van der Waals surface area contributed by atoms with Crippen LogP contribution in [0.25, 0.3) is 0 Å². The van der Waals surface area contributed by atoms with Crippen molar-refractivity contribution in [3.63, 3.8) is 0 Å². The summed E-state index contributed by atoms with van der Waals surface area (Å²) < 4.78 is 43.3. The molecule has 0 saturated heterocycles. The van der Waals surface area contributed by atoms with Gasteiger partial charge in [-0.15, -0.1) is 0 Å². The molecule has 1 unspecified atom stereocenters. The van der Waals surface area contributed by atoms with E-state index in [1.807, 2.05) is 13.8 Å². The summed E-state index contributed by atoms with van der Waals surface area (Å²) in [6, 6.07) is 10.6. The van der Waals surface area contributed by atoms with Crippen molar-refractivity contribution in [1.82, 2.24) is 10.4 Å². The van der Waals surface area contributed by atoms with Gasteiger partial charge in [-0.25, -0.2) is 0 Å². The lowest BCUT2D eigenvalue weighted by molar-refractivity contribution is -0.147. The molecule has 2 aromatic carbocycles. The summed E-state index contributed by atoms with van der Waals surface area (Å²) in [5.74, 6) is -1.25. The second-order valence-corrected chi connectivity index (χ2v) is 8.54. The fourth-order valence-corrected chi connectivity index (χ4v) is 3.69. The van der Waals surface area contributed by atoms with Crippen LogP contribution >= 0.6 is 0 Å². The van der Waals surface area contributed by atoms with Crippen LogP contribution in [-0.4, -0.2) is 48.0 Å². The number of carbonyl (C=O) groups is 3. The van der Waals surface area contributed by atoms with Crippen molar-refractivity contribution in [3.05, 3.63) is 103 Å². The molecular weight excluding hydrogens is 567 g/mol. The van der Waals surface area contributed by atoms with E-state index in [-0.39, 0.29) is 23.1 Å². The number of amides is 3. The highest BCUT2D eigenvalue weighted by molar-refractivity contribution is 6.22. The molecule has 0 aliphatic carbocycles. The van der Waals surface area contributed by atoms with Gasteiger partial charge < -0.3 is 20.5 Å². The number of imide groups is 1. The predicted octanol–water partition coefficient (Wildman–Crippen LogP) is 4.72. The maximum Gasteiger partial charge on any atom is 0.409 e. The van der Waals surface area contributed by atoms with Crippen molar-refractivity contribution in [2.45, 2.75) is 26.1 Å². The summed E-state index contributed by atoms with van der Waals surface area (Å²) in [5.41, 5.74) is 9.58. The fourth-order valence-electron chi connectivity index (χ4n) is 3.69. The number of amidine groups is 1. The number of nitrogens with zero attached hydrogens (tertiary/aromatic N) is 1. The molecule has 1 aliphatic heterocycles. The monoisotopic (exact) mass is 599 g/mol. The Hall–Kier alpha value is -5.33. The molecule has 0 bridgehead atoms. The molecule has 2 aromatic rings. The Morgan fingerprint density at radius 2 is 1.49 bits per heavy atom. The van der Waals surface area contributed by atoms with Gasteiger partial charge in [-0.1, -0.05) is 38.0 Å². The van der Waals surface area contributed by atoms with Crippen LogP contribution < -0.4 is 25.9 Å². The predicted molar refractivity (Wildman–Crippen MR) is 156 cm³/mol. The molecular formula is C30H32F3N5O5. The lowest BCUT2D eigenvalue weighted by Gasteiger charge is -2.24. The van der Waals surface area contributed by atoms with E-state index in [9.17, 15) is 27.6 Å². The molecule has 5 N–H and O–H groups in total. The number of nitrogen functional groups attached to an aromatic ring is 1. The molecule has 43 heavy (non-hydrogen) atoms. The Bertz CT molecular complexity index is 1400. The Balaban J connectivity index is 0.000000973. The lowest BCUT2D eigenvalue weighted by atomic mass is 10.0. The molecule has 1 aliphatic rings. The first-order chi connectivity index (χ1) is 20.3. The fraction of sp³-hybridized carbons (Fsp3) is 0.200. The average molecular weight is 600 g/mol. The summed E-state index contributed by atoms with van der Waals surface area (Å²) in [6.45, 7) is 14.1. The second-order valence-electron chi connectivity index (χ2n) is 8.54. The molecule has 0 aromatic heterocycles. The van der Waals surface area contributed by atoms with Crippen molar-refractivity contribution < 1.29 is 37.0 Å². The maximum absolute atomic E-state index is 13.5. The zero-order valence-electron chi connectivity index (χ0n) is 23.6. The van der Waals surface area contributed by atoms with Crippen LogP contribution in [0.5, 0.6) is 11.5 Å². The number of carbonyl (C=O) groups excluding carboxylic acids is 3. The summed E-state index contributed by atoms with van der Waals surface area (Å²) in [6.07, 6.45) is -1.76. The third-order valence-electron chi connectivity index (χ3n) is 5.69. The van der Waals surface area contributed by atoms with Crippen LogP contribution in [0, 0.1) is 5.41 Å². The Morgan fingerprint density at radius 3 is 1.93 bits per heavy atom. The minimum Gasteiger partial charge on any atom is -0.490 e. The van der Waals surface area contributed by atoms with Gasteiger partial charge in [0.1, 0.15) is 11.9 Å². The van der Waals surface area contributed by atoms with Crippen LogP contribution in [0.3, 0.4) is 0 Å². The number of anilines is 1. The SMILES string of the molecule is C=CC(F)(F)F.C=CC1=C(C=C)C(=O)N(NC(=O)C(Nc2ccc(C(=N)N)cc2)c2ccc(OCC)c(OCC)c2)C1=O. The number of hydrogen-bond donors (Lipinski definition) is 4. The van der Waals surface area contributed by atoms with Gasteiger partial charge in [-0.05, 0) is 55.8 Å². The number of allylic oxidation sites excluding steroid dienone is 1. The molecule has 228 valence electrons. The van der Waals surface area contributed by atoms with Crippen molar-refractivity contribution >= 4 is 29.2 Å². The van der Waals surface area contributed by atoms with Crippen LogP contribution in [-0.2, 0) is 14.4 Å². The zero-order chi connectivity index (χ0) is 32.3. The van der Waals surface area contributed by atoms with Gasteiger partial charge >= 0.3 is 6.18 Å². The normalized spacial score (nSPS) is 13.4. The van der Waals surface area contributed by atoms with Crippen molar-refractivity contribution in [1.29, 1.82) is 5.41 Å². The molecule has 10 nitrogen and oxygen atoms in total. The molecule has 3 amide bonds. The highest BCUT2D eigenvalue weighted by atomic mass is 19.4. The number of ether oxygens (including phenoxy) is 2. The number of rotatable bonds is 12. The summed E-state index contributed by atoms with van der Waals surface area (Å²) in [7, 11) is 0. The van der Waals surface area contributed by atoms with Crippen molar-refractivity contribution in [2.24, 2.45) is 5.73 Å². The molecule has 0 saturated carbocycles.